The monoisotopic (exact) mass is 504 g/mol. The Balaban J connectivity index is 1.31. The van der Waals surface area contributed by atoms with E-state index >= 15 is 0 Å². The van der Waals surface area contributed by atoms with Crippen molar-refractivity contribution in [3.8, 4) is 0 Å². The molecule has 1 amide bonds. The van der Waals surface area contributed by atoms with Gasteiger partial charge in [-0.3, -0.25) is 9.69 Å². The number of piperidine rings is 2. The summed E-state index contributed by atoms with van der Waals surface area (Å²) in [6.07, 6.45) is 1.19. The summed E-state index contributed by atoms with van der Waals surface area (Å²) in [5.41, 5.74) is 1.92. The van der Waals surface area contributed by atoms with Crippen molar-refractivity contribution in [2.75, 3.05) is 26.2 Å². The number of carbonyl (C=O) groups excluding carboxylic acids is 1. The van der Waals surface area contributed by atoms with Gasteiger partial charge in [0.05, 0.1) is 23.7 Å². The van der Waals surface area contributed by atoms with Crippen molar-refractivity contribution in [2.24, 2.45) is 0 Å². The number of nitrogens with zero attached hydrogens (tertiary/aromatic N) is 2. The van der Waals surface area contributed by atoms with Crippen LogP contribution in [-0.2, 0) is 10.4 Å². The molecule has 6 heteroatoms. The van der Waals surface area contributed by atoms with E-state index in [9.17, 15) is 15.0 Å². The standard InChI is InChI=1S/C30H33ClN2O3/c31-25-13-11-24(12-14-25)30(36)16-19-32(20-17-30)26-21-33(18-15-27(26)34)29(35)28(22-7-3-1-4-8-22)23-9-5-2-6-10-23/h1-14,26-28,34,36H,15-21H2/t26-,27-/m0/s1. The highest BCUT2D eigenvalue weighted by Gasteiger charge is 2.41. The molecule has 2 fully saturated rings. The maximum absolute atomic E-state index is 13.9. The maximum Gasteiger partial charge on any atom is 0.234 e. The normalized spacial score (nSPS) is 22.5. The predicted molar refractivity (Wildman–Crippen MR) is 142 cm³/mol. The summed E-state index contributed by atoms with van der Waals surface area (Å²) < 4.78 is 0. The number of likely N-dealkylation sites (tertiary alicyclic amines) is 2. The Bertz CT molecular complexity index is 1110. The summed E-state index contributed by atoms with van der Waals surface area (Å²) in [5, 5.41) is 22.9. The fourth-order valence-electron chi connectivity index (χ4n) is 5.70. The van der Waals surface area contributed by atoms with Crippen LogP contribution < -0.4 is 0 Å². The SMILES string of the molecule is O=C(C(c1ccccc1)c1ccccc1)N1CC[C@H](O)[C@@H](N2CCC(O)(c3ccc(Cl)cc3)CC2)C1. The van der Waals surface area contributed by atoms with E-state index in [0.29, 0.717) is 50.5 Å². The minimum absolute atomic E-state index is 0.0685. The van der Waals surface area contributed by atoms with E-state index in [1.807, 2.05) is 89.8 Å². The van der Waals surface area contributed by atoms with Crippen LogP contribution in [0.2, 0.25) is 5.02 Å². The molecule has 0 aliphatic carbocycles. The molecule has 0 bridgehead atoms. The molecule has 0 saturated carbocycles. The van der Waals surface area contributed by atoms with E-state index in [0.717, 1.165) is 16.7 Å². The Morgan fingerprint density at radius 3 is 1.97 bits per heavy atom. The van der Waals surface area contributed by atoms with Gasteiger partial charge in [0.25, 0.3) is 0 Å². The zero-order valence-electron chi connectivity index (χ0n) is 20.3. The van der Waals surface area contributed by atoms with Crippen LogP contribution in [0.4, 0.5) is 0 Å². The van der Waals surface area contributed by atoms with Gasteiger partial charge in [0.2, 0.25) is 5.91 Å². The summed E-state index contributed by atoms with van der Waals surface area (Å²) in [5.74, 6) is -0.307. The number of carbonyl (C=O) groups is 1. The van der Waals surface area contributed by atoms with Crippen molar-refractivity contribution in [2.45, 2.75) is 42.9 Å². The molecule has 188 valence electrons. The lowest BCUT2D eigenvalue weighted by Crippen LogP contribution is -2.59. The third-order valence-corrected chi connectivity index (χ3v) is 8.10. The number of amides is 1. The third kappa shape index (κ3) is 5.21. The highest BCUT2D eigenvalue weighted by atomic mass is 35.5. The van der Waals surface area contributed by atoms with Crippen LogP contribution in [0.15, 0.2) is 84.9 Å². The molecule has 36 heavy (non-hydrogen) atoms. The van der Waals surface area contributed by atoms with Gasteiger partial charge in [-0.15, -0.1) is 0 Å². The fraction of sp³-hybridized carbons (Fsp3) is 0.367. The average molecular weight is 505 g/mol. The van der Waals surface area contributed by atoms with E-state index in [2.05, 4.69) is 4.90 Å². The Kier molecular flexibility index (Phi) is 7.44. The first-order valence-corrected chi connectivity index (χ1v) is 13.1. The van der Waals surface area contributed by atoms with Gasteiger partial charge in [0, 0.05) is 31.2 Å². The summed E-state index contributed by atoms with van der Waals surface area (Å²) in [4.78, 5) is 18.1. The molecule has 2 saturated heterocycles. The molecular weight excluding hydrogens is 472 g/mol. The second kappa shape index (κ2) is 10.7. The second-order valence-corrected chi connectivity index (χ2v) is 10.5. The Labute approximate surface area is 217 Å². The lowest BCUT2D eigenvalue weighted by molar-refractivity contribution is -0.137. The van der Waals surface area contributed by atoms with Crippen LogP contribution in [0, 0.1) is 0 Å². The Morgan fingerprint density at radius 1 is 0.861 bits per heavy atom. The molecule has 0 aromatic heterocycles. The zero-order chi connectivity index (χ0) is 25.1. The molecule has 2 N–H and O–H groups in total. The number of hydrogen-bond donors (Lipinski definition) is 2. The van der Waals surface area contributed by atoms with Gasteiger partial charge in [-0.2, -0.15) is 0 Å². The van der Waals surface area contributed by atoms with Gasteiger partial charge in [-0.05, 0) is 48.1 Å². The van der Waals surface area contributed by atoms with E-state index in [1.165, 1.54) is 0 Å². The van der Waals surface area contributed by atoms with Crippen molar-refractivity contribution in [1.29, 1.82) is 0 Å². The first kappa shape index (κ1) is 25.0. The molecule has 3 aromatic carbocycles. The quantitative estimate of drug-likeness (QED) is 0.540. The molecule has 2 aliphatic rings. The smallest absolute Gasteiger partial charge is 0.234 e. The van der Waals surface area contributed by atoms with Gasteiger partial charge < -0.3 is 15.1 Å². The lowest BCUT2D eigenvalue weighted by Gasteiger charge is -2.47. The van der Waals surface area contributed by atoms with Crippen LogP contribution in [0.1, 0.15) is 41.9 Å². The van der Waals surface area contributed by atoms with Crippen molar-refractivity contribution in [3.63, 3.8) is 0 Å². The molecular formula is C30H33ClN2O3. The average Bonchev–Trinajstić information content (AvgIpc) is 2.91. The molecule has 5 nitrogen and oxygen atoms in total. The zero-order valence-corrected chi connectivity index (χ0v) is 21.1. The van der Waals surface area contributed by atoms with E-state index < -0.39 is 11.7 Å². The van der Waals surface area contributed by atoms with Gasteiger partial charge in [-0.25, -0.2) is 0 Å². The van der Waals surface area contributed by atoms with Gasteiger partial charge >= 0.3 is 0 Å². The van der Waals surface area contributed by atoms with Crippen LogP contribution in [0.5, 0.6) is 0 Å². The van der Waals surface area contributed by atoms with E-state index in [4.69, 9.17) is 11.6 Å². The number of aliphatic hydroxyl groups is 2. The van der Waals surface area contributed by atoms with E-state index in [1.54, 1.807) is 0 Å². The van der Waals surface area contributed by atoms with Crippen LogP contribution in [0.3, 0.4) is 0 Å². The largest absolute Gasteiger partial charge is 0.391 e. The topological polar surface area (TPSA) is 64.0 Å². The molecule has 0 unspecified atom stereocenters. The van der Waals surface area contributed by atoms with Crippen LogP contribution in [-0.4, -0.2) is 64.2 Å². The summed E-state index contributed by atoms with van der Waals surface area (Å²) >= 11 is 6.03. The Morgan fingerprint density at radius 2 is 1.42 bits per heavy atom. The number of hydrogen-bond acceptors (Lipinski definition) is 4. The van der Waals surface area contributed by atoms with Gasteiger partial charge in [0.1, 0.15) is 0 Å². The first-order valence-electron chi connectivity index (χ1n) is 12.7. The molecule has 5 rings (SSSR count). The summed E-state index contributed by atoms with van der Waals surface area (Å²) in [7, 11) is 0. The molecule has 2 aliphatic heterocycles. The minimum Gasteiger partial charge on any atom is -0.391 e. The van der Waals surface area contributed by atoms with Gasteiger partial charge in [0.15, 0.2) is 0 Å². The third-order valence-electron chi connectivity index (χ3n) is 7.85. The molecule has 0 radical (unpaired) electrons. The second-order valence-electron chi connectivity index (χ2n) is 10.0. The van der Waals surface area contributed by atoms with Crippen molar-refractivity contribution < 1.29 is 15.0 Å². The van der Waals surface area contributed by atoms with Crippen molar-refractivity contribution in [3.05, 3.63) is 107 Å². The summed E-state index contributed by atoms with van der Waals surface area (Å²) in [6.45, 7) is 2.33. The Hall–Kier alpha value is -2.70. The maximum atomic E-state index is 13.9. The fourth-order valence-corrected chi connectivity index (χ4v) is 5.83. The van der Waals surface area contributed by atoms with E-state index in [-0.39, 0.29) is 17.9 Å². The minimum atomic E-state index is -0.901. The number of rotatable bonds is 5. The van der Waals surface area contributed by atoms with Crippen LogP contribution in [0.25, 0.3) is 0 Å². The number of benzene rings is 3. The molecule has 3 aromatic rings. The number of halogens is 1. The highest BCUT2D eigenvalue weighted by molar-refractivity contribution is 6.30. The van der Waals surface area contributed by atoms with Gasteiger partial charge in [-0.1, -0.05) is 84.4 Å². The molecule has 2 heterocycles. The first-order chi connectivity index (χ1) is 17.4. The lowest BCUT2D eigenvalue weighted by atomic mass is 9.83. The van der Waals surface area contributed by atoms with Crippen molar-refractivity contribution in [1.82, 2.24) is 9.80 Å². The predicted octanol–water partition coefficient (Wildman–Crippen LogP) is 4.42. The van der Waals surface area contributed by atoms with Crippen LogP contribution >= 0.6 is 11.6 Å². The van der Waals surface area contributed by atoms with Crippen molar-refractivity contribution >= 4 is 17.5 Å². The number of aliphatic hydroxyl groups excluding tert-OH is 1. The molecule has 2 atom stereocenters. The highest BCUT2D eigenvalue weighted by Crippen LogP contribution is 2.35. The molecule has 0 spiro atoms. The summed E-state index contributed by atoms with van der Waals surface area (Å²) in [6, 6.07) is 27.1.